The first kappa shape index (κ1) is 20.8. The van der Waals surface area contributed by atoms with Gasteiger partial charge in [-0.15, -0.1) is 11.3 Å². The highest BCUT2D eigenvalue weighted by atomic mass is 32.2. The average Bonchev–Trinajstić information content (AvgIpc) is 3.37. The minimum absolute atomic E-state index is 0.00571. The summed E-state index contributed by atoms with van der Waals surface area (Å²) in [5, 5.41) is 2.66. The van der Waals surface area contributed by atoms with Gasteiger partial charge in [0.05, 0.1) is 22.9 Å². The van der Waals surface area contributed by atoms with Gasteiger partial charge in [0.1, 0.15) is 10.7 Å². The smallest absolute Gasteiger partial charge is 0.260 e. The van der Waals surface area contributed by atoms with Gasteiger partial charge in [0.25, 0.3) is 5.56 Å². The quantitative estimate of drug-likeness (QED) is 0.647. The number of rotatable bonds is 4. The Morgan fingerprint density at radius 1 is 1.16 bits per heavy atom. The summed E-state index contributed by atoms with van der Waals surface area (Å²) < 4.78 is 23.6. The Hall–Kier alpha value is -2.07. The van der Waals surface area contributed by atoms with Crippen LogP contribution in [0.2, 0.25) is 0 Å². The van der Waals surface area contributed by atoms with Crippen LogP contribution in [-0.4, -0.2) is 71.9 Å². The fraction of sp³-hybridized carbons (Fsp3) is 0.455. The predicted molar refractivity (Wildman–Crippen MR) is 124 cm³/mol. The van der Waals surface area contributed by atoms with Crippen molar-refractivity contribution in [2.45, 2.75) is 25.4 Å². The van der Waals surface area contributed by atoms with E-state index in [0.29, 0.717) is 17.0 Å². The van der Waals surface area contributed by atoms with E-state index in [2.05, 4.69) is 21.7 Å². The molecule has 1 N–H and O–H groups in total. The summed E-state index contributed by atoms with van der Waals surface area (Å²) in [6.07, 6.45) is 0.742. The molecule has 9 heteroatoms. The average molecular weight is 459 g/mol. The van der Waals surface area contributed by atoms with E-state index in [1.165, 1.54) is 11.3 Å². The zero-order valence-electron chi connectivity index (χ0n) is 17.5. The first-order chi connectivity index (χ1) is 14.9. The minimum atomic E-state index is -2.87. The van der Waals surface area contributed by atoms with Gasteiger partial charge in [-0.1, -0.05) is 30.3 Å². The number of hydrogen-bond acceptors (Lipinski definition) is 7. The molecule has 7 nitrogen and oxygen atoms in total. The molecule has 0 saturated carbocycles. The molecule has 164 valence electrons. The molecule has 0 aliphatic carbocycles. The second-order valence-corrected chi connectivity index (χ2v) is 11.5. The SMILES string of the molecule is C[C@H](c1nc2scc(-c3ccccc3)c2c(=O)[nH]1)N1CCN([C@@H]2CCS(=O)(=O)C2)CC1. The van der Waals surface area contributed by atoms with E-state index in [9.17, 15) is 13.2 Å². The molecule has 0 bridgehead atoms. The van der Waals surface area contributed by atoms with Crippen molar-refractivity contribution in [3.63, 3.8) is 0 Å². The fourth-order valence-electron chi connectivity index (χ4n) is 4.72. The van der Waals surface area contributed by atoms with Crippen LogP contribution in [0.15, 0.2) is 40.5 Å². The molecule has 31 heavy (non-hydrogen) atoms. The van der Waals surface area contributed by atoms with Crippen LogP contribution in [-0.2, 0) is 9.84 Å². The highest BCUT2D eigenvalue weighted by Gasteiger charge is 2.34. The number of benzene rings is 1. The third kappa shape index (κ3) is 4.07. The Morgan fingerprint density at radius 2 is 1.90 bits per heavy atom. The molecule has 2 atom stereocenters. The lowest BCUT2D eigenvalue weighted by atomic mass is 10.1. The highest BCUT2D eigenvalue weighted by Crippen LogP contribution is 2.31. The van der Waals surface area contributed by atoms with Gasteiger partial charge in [0.15, 0.2) is 9.84 Å². The van der Waals surface area contributed by atoms with Crippen LogP contribution in [0.25, 0.3) is 21.3 Å². The third-order valence-corrected chi connectivity index (χ3v) is 9.19. The molecule has 2 aromatic heterocycles. The molecule has 3 aromatic rings. The van der Waals surface area contributed by atoms with Crippen LogP contribution in [0.5, 0.6) is 0 Å². The summed E-state index contributed by atoms with van der Waals surface area (Å²) in [7, 11) is -2.87. The van der Waals surface area contributed by atoms with E-state index in [-0.39, 0.29) is 23.4 Å². The topological polar surface area (TPSA) is 86.4 Å². The molecule has 0 amide bonds. The molecule has 2 fully saturated rings. The number of aromatic nitrogens is 2. The molecular formula is C22H26N4O3S2. The van der Waals surface area contributed by atoms with E-state index in [1.807, 2.05) is 35.7 Å². The number of H-pyrrole nitrogens is 1. The first-order valence-electron chi connectivity index (χ1n) is 10.7. The van der Waals surface area contributed by atoms with Gasteiger partial charge in [0, 0.05) is 43.2 Å². The second-order valence-electron chi connectivity index (χ2n) is 8.45. The predicted octanol–water partition coefficient (Wildman–Crippen LogP) is 2.52. The lowest BCUT2D eigenvalue weighted by Gasteiger charge is -2.39. The van der Waals surface area contributed by atoms with Gasteiger partial charge in [-0.25, -0.2) is 13.4 Å². The maximum atomic E-state index is 13.0. The molecule has 0 spiro atoms. The van der Waals surface area contributed by atoms with Crippen molar-refractivity contribution < 1.29 is 8.42 Å². The number of nitrogens with zero attached hydrogens (tertiary/aromatic N) is 3. The van der Waals surface area contributed by atoms with E-state index < -0.39 is 9.84 Å². The Kier molecular flexibility index (Phi) is 5.45. The number of nitrogens with one attached hydrogen (secondary N) is 1. The van der Waals surface area contributed by atoms with Crippen LogP contribution in [0.1, 0.15) is 25.2 Å². The van der Waals surface area contributed by atoms with Gasteiger partial charge in [0.2, 0.25) is 0 Å². The van der Waals surface area contributed by atoms with Gasteiger partial charge in [-0.2, -0.15) is 0 Å². The van der Waals surface area contributed by atoms with Crippen molar-refractivity contribution in [3.8, 4) is 11.1 Å². The molecule has 0 radical (unpaired) electrons. The molecule has 0 unspecified atom stereocenters. The number of piperazine rings is 1. The van der Waals surface area contributed by atoms with E-state index >= 15 is 0 Å². The van der Waals surface area contributed by atoms with E-state index in [0.717, 1.165) is 48.6 Å². The van der Waals surface area contributed by atoms with Crippen LogP contribution in [0, 0.1) is 0 Å². The van der Waals surface area contributed by atoms with Gasteiger partial charge >= 0.3 is 0 Å². The number of sulfone groups is 1. The van der Waals surface area contributed by atoms with Crippen molar-refractivity contribution in [1.29, 1.82) is 0 Å². The van der Waals surface area contributed by atoms with Crippen LogP contribution in [0.3, 0.4) is 0 Å². The van der Waals surface area contributed by atoms with E-state index in [1.54, 1.807) is 0 Å². The zero-order valence-corrected chi connectivity index (χ0v) is 19.1. The summed E-state index contributed by atoms with van der Waals surface area (Å²) >= 11 is 1.50. The lowest BCUT2D eigenvalue weighted by Crippen LogP contribution is -2.51. The van der Waals surface area contributed by atoms with Crippen LogP contribution in [0.4, 0.5) is 0 Å². The van der Waals surface area contributed by atoms with Crippen molar-refractivity contribution >= 4 is 31.4 Å². The Balaban J connectivity index is 1.33. The molecule has 4 heterocycles. The maximum Gasteiger partial charge on any atom is 0.260 e. The summed E-state index contributed by atoms with van der Waals surface area (Å²) in [4.78, 5) is 26.2. The largest absolute Gasteiger partial charge is 0.309 e. The zero-order chi connectivity index (χ0) is 21.6. The lowest BCUT2D eigenvalue weighted by molar-refractivity contribution is 0.0778. The van der Waals surface area contributed by atoms with E-state index in [4.69, 9.17) is 4.98 Å². The highest BCUT2D eigenvalue weighted by molar-refractivity contribution is 7.91. The number of hydrogen-bond donors (Lipinski definition) is 1. The van der Waals surface area contributed by atoms with Gasteiger partial charge < -0.3 is 4.98 Å². The molecule has 5 rings (SSSR count). The molecular weight excluding hydrogens is 432 g/mol. The molecule has 2 aliphatic rings. The Bertz CT molecular complexity index is 1240. The molecule has 1 aromatic carbocycles. The van der Waals surface area contributed by atoms with Crippen LogP contribution < -0.4 is 5.56 Å². The summed E-state index contributed by atoms with van der Waals surface area (Å²) in [5.74, 6) is 1.29. The first-order valence-corrected chi connectivity index (χ1v) is 13.4. The normalized spacial score (nSPS) is 23.3. The van der Waals surface area contributed by atoms with Crippen LogP contribution >= 0.6 is 11.3 Å². The summed E-state index contributed by atoms with van der Waals surface area (Å²) in [6.45, 7) is 5.42. The molecule has 2 saturated heterocycles. The maximum absolute atomic E-state index is 13.0. The van der Waals surface area contributed by atoms with Crippen molar-refractivity contribution in [2.75, 3.05) is 37.7 Å². The second kappa shape index (κ2) is 8.12. The standard InChI is InChI=1S/C22H26N4O3S2/c1-15(25-8-10-26(11-9-25)17-7-12-31(28,29)14-17)20-23-21(27)19-18(13-30-22(19)24-20)16-5-3-2-4-6-16/h2-6,13,15,17H,7-12,14H2,1H3,(H,23,24,27)/t15-,17-/m1/s1. The number of aromatic amines is 1. The number of thiophene rings is 1. The van der Waals surface area contributed by atoms with Gasteiger partial charge in [-0.05, 0) is 18.9 Å². The number of fused-ring (bicyclic) bond motifs is 1. The monoisotopic (exact) mass is 458 g/mol. The fourth-order valence-corrected chi connectivity index (χ4v) is 7.44. The van der Waals surface area contributed by atoms with Crippen molar-refractivity contribution in [3.05, 3.63) is 51.9 Å². The van der Waals surface area contributed by atoms with Crippen molar-refractivity contribution in [1.82, 2.24) is 19.8 Å². The van der Waals surface area contributed by atoms with Crippen molar-refractivity contribution in [2.24, 2.45) is 0 Å². The summed E-state index contributed by atoms with van der Waals surface area (Å²) in [5.41, 5.74) is 1.85. The Labute approximate surface area is 185 Å². The Morgan fingerprint density at radius 3 is 2.58 bits per heavy atom. The summed E-state index contributed by atoms with van der Waals surface area (Å²) in [6, 6.07) is 10.1. The third-order valence-electron chi connectivity index (χ3n) is 6.56. The van der Waals surface area contributed by atoms with Gasteiger partial charge in [-0.3, -0.25) is 14.6 Å². The minimum Gasteiger partial charge on any atom is -0.309 e. The molecule has 2 aliphatic heterocycles.